The standard InChI is InChI=1S/C25H23Cl2N5O3.C2H6/c1-3-15(33)9-13-5-4-6-17(13)30-25-29-12-14-10-16(24-28-7-8-32(24)23(14)31-25)20-21(26)18(34)11-19(35-2)22(20)27;1-2/h3,7-8,10-13,17,34H,1,4-6,9H2,2H3,(H,29,30,31);1-2H3. The van der Waals surface area contributed by atoms with Crippen molar-refractivity contribution in [1.29, 1.82) is 0 Å². The molecule has 3 aromatic heterocycles. The third kappa shape index (κ3) is 5.08. The Labute approximate surface area is 225 Å². The van der Waals surface area contributed by atoms with Gasteiger partial charge < -0.3 is 15.2 Å². The number of ether oxygens (including phenoxy) is 1. The lowest BCUT2D eigenvalue weighted by Crippen LogP contribution is -2.26. The number of carbonyl (C=O) groups excluding carboxylic acids is 1. The first kappa shape index (κ1) is 26.7. The molecule has 2 atom stereocenters. The number of rotatable bonds is 7. The van der Waals surface area contributed by atoms with Crippen molar-refractivity contribution in [3.05, 3.63) is 53.4 Å². The third-order valence-corrected chi connectivity index (χ3v) is 7.27. The van der Waals surface area contributed by atoms with Crippen molar-refractivity contribution in [3.8, 4) is 22.6 Å². The number of halogens is 2. The number of carbonyl (C=O) groups is 1. The summed E-state index contributed by atoms with van der Waals surface area (Å²) in [5.41, 5.74) is 2.23. The predicted molar refractivity (Wildman–Crippen MR) is 148 cm³/mol. The number of ketones is 1. The zero-order valence-electron chi connectivity index (χ0n) is 21.0. The Morgan fingerprint density at radius 2 is 2.03 bits per heavy atom. The Morgan fingerprint density at radius 3 is 2.76 bits per heavy atom. The van der Waals surface area contributed by atoms with Crippen LogP contribution in [0.5, 0.6) is 11.5 Å². The minimum absolute atomic E-state index is 0.0525. The normalized spacial score (nSPS) is 16.9. The van der Waals surface area contributed by atoms with E-state index in [1.54, 1.807) is 18.6 Å². The number of aromatic nitrogens is 4. The summed E-state index contributed by atoms with van der Waals surface area (Å²) in [7, 11) is 1.47. The van der Waals surface area contributed by atoms with Crippen molar-refractivity contribution in [2.45, 2.75) is 45.6 Å². The Bertz CT molecular complexity index is 1470. The van der Waals surface area contributed by atoms with Crippen LogP contribution in [0.4, 0.5) is 5.95 Å². The molecule has 37 heavy (non-hydrogen) atoms. The molecule has 5 rings (SSSR count). The van der Waals surface area contributed by atoms with Crippen molar-refractivity contribution < 1.29 is 14.6 Å². The summed E-state index contributed by atoms with van der Waals surface area (Å²) < 4.78 is 7.13. The summed E-state index contributed by atoms with van der Waals surface area (Å²) in [4.78, 5) is 25.7. The summed E-state index contributed by atoms with van der Waals surface area (Å²) in [6, 6.07) is 3.33. The van der Waals surface area contributed by atoms with Crippen molar-refractivity contribution in [1.82, 2.24) is 19.4 Å². The largest absolute Gasteiger partial charge is 0.506 e. The van der Waals surface area contributed by atoms with Crippen molar-refractivity contribution in [2.75, 3.05) is 12.4 Å². The Hall–Kier alpha value is -3.36. The van der Waals surface area contributed by atoms with Gasteiger partial charge in [-0.25, -0.2) is 9.97 Å². The highest BCUT2D eigenvalue weighted by Gasteiger charge is 2.29. The molecule has 0 amide bonds. The lowest BCUT2D eigenvalue weighted by Gasteiger charge is -2.20. The molecule has 1 aromatic carbocycles. The molecule has 1 aliphatic rings. The predicted octanol–water partition coefficient (Wildman–Crippen LogP) is 6.72. The number of pyridine rings is 1. The maximum absolute atomic E-state index is 11.9. The van der Waals surface area contributed by atoms with E-state index in [1.807, 2.05) is 24.3 Å². The fourth-order valence-corrected chi connectivity index (χ4v) is 5.41. The van der Waals surface area contributed by atoms with Gasteiger partial charge in [0.1, 0.15) is 17.1 Å². The number of nitrogens with zero attached hydrogens (tertiary/aromatic N) is 4. The molecule has 0 bridgehead atoms. The van der Waals surface area contributed by atoms with E-state index in [1.165, 1.54) is 19.3 Å². The number of phenolic OH excluding ortho intramolecular Hbond substituents is 1. The number of nitrogens with one attached hydrogen (secondary N) is 1. The van der Waals surface area contributed by atoms with Crippen LogP contribution in [0.15, 0.2) is 43.4 Å². The molecule has 1 aliphatic carbocycles. The van der Waals surface area contributed by atoms with Crippen LogP contribution in [0.25, 0.3) is 27.8 Å². The fourth-order valence-electron chi connectivity index (χ4n) is 4.79. The lowest BCUT2D eigenvalue weighted by atomic mass is 9.97. The summed E-state index contributed by atoms with van der Waals surface area (Å²) in [5.74, 6) is 0.908. The zero-order chi connectivity index (χ0) is 26.7. The van der Waals surface area contributed by atoms with Gasteiger partial charge in [-0.05, 0) is 30.9 Å². The van der Waals surface area contributed by atoms with E-state index in [4.69, 9.17) is 32.9 Å². The number of fused-ring (bicyclic) bond motifs is 3. The molecule has 10 heteroatoms. The molecule has 1 fully saturated rings. The number of anilines is 1. The van der Waals surface area contributed by atoms with E-state index in [2.05, 4.69) is 21.9 Å². The van der Waals surface area contributed by atoms with Crippen molar-refractivity contribution >= 4 is 51.6 Å². The molecule has 0 aliphatic heterocycles. The number of allylic oxidation sites excluding steroid dienone is 1. The van der Waals surface area contributed by atoms with Gasteiger partial charge in [0.15, 0.2) is 11.4 Å². The first-order valence-electron chi connectivity index (χ1n) is 12.2. The van der Waals surface area contributed by atoms with Crippen LogP contribution in [-0.4, -0.2) is 43.4 Å². The lowest BCUT2D eigenvalue weighted by molar-refractivity contribution is -0.115. The van der Waals surface area contributed by atoms with E-state index >= 15 is 0 Å². The molecular formula is C27H29Cl2N5O3. The van der Waals surface area contributed by atoms with Gasteiger partial charge in [0.2, 0.25) is 5.95 Å². The highest BCUT2D eigenvalue weighted by Crippen LogP contribution is 2.47. The van der Waals surface area contributed by atoms with Gasteiger partial charge in [-0.2, -0.15) is 4.98 Å². The molecule has 2 N–H and O–H groups in total. The SMILES string of the molecule is C=CC(=O)CC1CCCC1Nc1ncc2cc(-c3c(Cl)c(O)cc(OC)c3Cl)c3nccn3c2n1.CC. The van der Waals surface area contributed by atoms with Gasteiger partial charge in [0.05, 0.1) is 17.2 Å². The second-order valence-electron chi connectivity index (χ2n) is 8.57. The number of hydrogen-bond acceptors (Lipinski definition) is 7. The number of methoxy groups -OCH3 is 1. The quantitative estimate of drug-likeness (QED) is 0.250. The smallest absolute Gasteiger partial charge is 0.224 e. The summed E-state index contributed by atoms with van der Waals surface area (Å²) >= 11 is 13.1. The number of phenols is 1. The van der Waals surface area contributed by atoms with E-state index in [-0.39, 0.29) is 33.5 Å². The second-order valence-corrected chi connectivity index (χ2v) is 9.32. The zero-order valence-corrected chi connectivity index (χ0v) is 22.5. The van der Waals surface area contributed by atoms with Crippen LogP contribution in [0.2, 0.25) is 10.0 Å². The topological polar surface area (TPSA) is 102 Å². The van der Waals surface area contributed by atoms with E-state index in [9.17, 15) is 9.90 Å². The van der Waals surface area contributed by atoms with Crippen LogP contribution in [0.3, 0.4) is 0 Å². The first-order valence-corrected chi connectivity index (χ1v) is 13.0. The van der Waals surface area contributed by atoms with Gasteiger partial charge in [0.25, 0.3) is 0 Å². The average molecular weight is 542 g/mol. The summed E-state index contributed by atoms with van der Waals surface area (Å²) in [5, 5.41) is 14.9. The number of benzene rings is 1. The van der Waals surface area contributed by atoms with Gasteiger partial charge >= 0.3 is 0 Å². The highest BCUT2D eigenvalue weighted by atomic mass is 35.5. The van der Waals surface area contributed by atoms with Gasteiger partial charge in [-0.3, -0.25) is 9.20 Å². The first-order chi connectivity index (χ1) is 17.9. The molecule has 1 saturated carbocycles. The maximum atomic E-state index is 11.9. The van der Waals surface area contributed by atoms with Crippen LogP contribution in [0.1, 0.15) is 39.5 Å². The molecule has 0 radical (unpaired) electrons. The monoisotopic (exact) mass is 541 g/mol. The molecule has 4 aromatic rings. The summed E-state index contributed by atoms with van der Waals surface area (Å²) in [6.45, 7) is 7.58. The van der Waals surface area contributed by atoms with Gasteiger partial charge in [0, 0.05) is 53.6 Å². The number of hydrogen-bond donors (Lipinski definition) is 2. The molecule has 0 saturated heterocycles. The minimum Gasteiger partial charge on any atom is -0.506 e. The Morgan fingerprint density at radius 1 is 1.24 bits per heavy atom. The maximum Gasteiger partial charge on any atom is 0.224 e. The van der Waals surface area contributed by atoms with Gasteiger partial charge in [-0.15, -0.1) is 0 Å². The average Bonchev–Trinajstić information content (AvgIpc) is 3.58. The molecule has 2 unspecified atom stereocenters. The molecule has 8 nitrogen and oxygen atoms in total. The van der Waals surface area contributed by atoms with E-state index in [0.717, 1.165) is 24.6 Å². The Balaban J connectivity index is 0.00000156. The molecule has 0 spiro atoms. The highest BCUT2D eigenvalue weighted by molar-refractivity contribution is 6.41. The van der Waals surface area contributed by atoms with Crippen LogP contribution >= 0.6 is 23.2 Å². The fraction of sp³-hybridized carbons (Fsp3) is 0.333. The van der Waals surface area contributed by atoms with Crippen LogP contribution < -0.4 is 10.1 Å². The second kappa shape index (κ2) is 11.4. The minimum atomic E-state index is -0.149. The molecule has 3 heterocycles. The van der Waals surface area contributed by atoms with Crippen LogP contribution in [-0.2, 0) is 4.79 Å². The van der Waals surface area contributed by atoms with Crippen LogP contribution in [0, 0.1) is 5.92 Å². The van der Waals surface area contributed by atoms with Gasteiger partial charge in [-0.1, -0.05) is 50.0 Å². The number of imidazole rings is 1. The molecular weight excluding hydrogens is 513 g/mol. The summed E-state index contributed by atoms with van der Waals surface area (Å²) in [6.07, 6.45) is 10.00. The molecule has 194 valence electrons. The van der Waals surface area contributed by atoms with E-state index < -0.39 is 0 Å². The van der Waals surface area contributed by atoms with E-state index in [0.29, 0.717) is 40.5 Å². The Kier molecular flexibility index (Phi) is 8.19. The van der Waals surface area contributed by atoms with Crippen molar-refractivity contribution in [2.24, 2.45) is 5.92 Å². The van der Waals surface area contributed by atoms with Crippen molar-refractivity contribution in [3.63, 3.8) is 0 Å². The number of aromatic hydroxyl groups is 1. The third-order valence-electron chi connectivity index (χ3n) is 6.51.